The van der Waals surface area contributed by atoms with Crippen molar-refractivity contribution in [3.8, 4) is 0 Å². The molecule has 2 aromatic rings. The Bertz CT molecular complexity index is 586. The third kappa shape index (κ3) is 2.45. The van der Waals surface area contributed by atoms with Crippen LogP contribution in [0.2, 0.25) is 0 Å². The Morgan fingerprint density at radius 3 is 2.45 bits per heavy atom. The summed E-state index contributed by atoms with van der Waals surface area (Å²) in [5, 5.41) is 3.63. The zero-order valence-corrected chi connectivity index (χ0v) is 11.8. The molecule has 20 heavy (non-hydrogen) atoms. The second-order valence-electron chi connectivity index (χ2n) is 6.27. The Balaban J connectivity index is 1.47. The van der Waals surface area contributed by atoms with Gasteiger partial charge < -0.3 is 5.32 Å². The number of nitrogens with one attached hydrogen (secondary N) is 1. The van der Waals surface area contributed by atoms with Crippen LogP contribution in [0.15, 0.2) is 54.6 Å². The lowest BCUT2D eigenvalue weighted by molar-refractivity contribution is 0.690. The van der Waals surface area contributed by atoms with E-state index < -0.39 is 0 Å². The van der Waals surface area contributed by atoms with Crippen LogP contribution in [-0.4, -0.2) is 0 Å². The Morgan fingerprint density at radius 1 is 0.900 bits per heavy atom. The van der Waals surface area contributed by atoms with Gasteiger partial charge in [0.05, 0.1) is 0 Å². The first-order chi connectivity index (χ1) is 9.92. The van der Waals surface area contributed by atoms with E-state index in [-0.39, 0.29) is 0 Å². The van der Waals surface area contributed by atoms with E-state index in [1.54, 1.807) is 5.56 Å². The summed E-state index contributed by atoms with van der Waals surface area (Å²) in [4.78, 5) is 0. The van der Waals surface area contributed by atoms with Crippen LogP contribution in [0.5, 0.6) is 0 Å². The second-order valence-corrected chi connectivity index (χ2v) is 6.27. The molecule has 0 spiro atoms. The van der Waals surface area contributed by atoms with Crippen molar-refractivity contribution in [1.82, 2.24) is 0 Å². The minimum absolute atomic E-state index is 0.821. The van der Waals surface area contributed by atoms with Crippen molar-refractivity contribution in [2.24, 2.45) is 11.8 Å². The van der Waals surface area contributed by atoms with Gasteiger partial charge >= 0.3 is 0 Å². The fourth-order valence-electron chi connectivity index (χ4n) is 3.39. The lowest BCUT2D eigenvalue weighted by atomic mass is 10.0. The van der Waals surface area contributed by atoms with E-state index in [2.05, 4.69) is 59.9 Å². The Morgan fingerprint density at radius 2 is 1.65 bits per heavy atom. The molecule has 1 nitrogen and oxygen atoms in total. The fraction of sp³-hybridized carbons (Fsp3) is 0.368. The van der Waals surface area contributed by atoms with E-state index in [1.165, 1.54) is 30.5 Å². The van der Waals surface area contributed by atoms with Crippen molar-refractivity contribution in [2.45, 2.75) is 31.7 Å². The highest BCUT2D eigenvalue weighted by molar-refractivity contribution is 5.55. The first-order valence-corrected chi connectivity index (χ1v) is 7.78. The smallest absolute Gasteiger partial charge is 0.0400 e. The number of hydrogen-bond donors (Lipinski definition) is 1. The van der Waals surface area contributed by atoms with Crippen molar-refractivity contribution in [1.29, 1.82) is 0 Å². The van der Waals surface area contributed by atoms with Crippen LogP contribution in [0.3, 0.4) is 0 Å². The predicted molar refractivity (Wildman–Crippen MR) is 83.8 cm³/mol. The van der Waals surface area contributed by atoms with Gasteiger partial charge in [0.25, 0.3) is 0 Å². The van der Waals surface area contributed by atoms with Crippen molar-refractivity contribution in [3.63, 3.8) is 0 Å². The van der Waals surface area contributed by atoms with E-state index in [1.807, 2.05) is 0 Å². The molecule has 4 rings (SSSR count). The van der Waals surface area contributed by atoms with Crippen molar-refractivity contribution >= 4 is 5.69 Å². The standard InChI is InChI=1S/C19H21N/c1-2-6-14(7-3-1)13-20-19-9-5-4-8-16(19)18-12-17(18)15-10-11-15/h1-9,15,17-18,20H,10-13H2/t17-,18-/m1/s1. The maximum atomic E-state index is 3.63. The number of para-hydroxylation sites is 1. The van der Waals surface area contributed by atoms with E-state index in [0.717, 1.165) is 24.3 Å². The maximum absolute atomic E-state index is 3.63. The average molecular weight is 263 g/mol. The SMILES string of the molecule is c1ccc(CNc2ccccc2[C@H]2C[C@@H]2C2CC2)cc1. The molecule has 2 aliphatic carbocycles. The maximum Gasteiger partial charge on any atom is 0.0400 e. The Hall–Kier alpha value is -1.76. The fourth-order valence-corrected chi connectivity index (χ4v) is 3.39. The van der Waals surface area contributed by atoms with Crippen LogP contribution in [0.4, 0.5) is 5.69 Å². The van der Waals surface area contributed by atoms with Crippen molar-refractivity contribution in [3.05, 3.63) is 65.7 Å². The molecule has 2 aromatic carbocycles. The van der Waals surface area contributed by atoms with Gasteiger partial charge in [-0.3, -0.25) is 0 Å². The van der Waals surface area contributed by atoms with E-state index in [9.17, 15) is 0 Å². The molecule has 0 unspecified atom stereocenters. The summed E-state index contributed by atoms with van der Waals surface area (Å²) < 4.78 is 0. The topological polar surface area (TPSA) is 12.0 Å². The summed E-state index contributed by atoms with van der Waals surface area (Å²) in [6.07, 6.45) is 4.36. The lowest BCUT2D eigenvalue weighted by Crippen LogP contribution is -2.02. The molecular weight excluding hydrogens is 242 g/mol. The molecule has 2 aliphatic rings. The van der Waals surface area contributed by atoms with Gasteiger partial charge in [0.15, 0.2) is 0 Å². The molecule has 0 aliphatic heterocycles. The molecule has 0 heterocycles. The summed E-state index contributed by atoms with van der Waals surface area (Å²) in [5.74, 6) is 2.85. The van der Waals surface area contributed by atoms with Crippen LogP contribution in [0, 0.1) is 11.8 Å². The first-order valence-electron chi connectivity index (χ1n) is 7.78. The quantitative estimate of drug-likeness (QED) is 0.816. The minimum atomic E-state index is 0.821. The van der Waals surface area contributed by atoms with Crippen LogP contribution >= 0.6 is 0 Å². The molecule has 0 radical (unpaired) electrons. The highest BCUT2D eigenvalue weighted by Crippen LogP contribution is 2.60. The highest BCUT2D eigenvalue weighted by Gasteiger charge is 2.48. The number of benzene rings is 2. The van der Waals surface area contributed by atoms with Gasteiger partial charge in [-0.05, 0) is 54.2 Å². The molecule has 1 heteroatoms. The third-order valence-corrected chi connectivity index (χ3v) is 4.75. The summed E-state index contributed by atoms with van der Waals surface area (Å²) >= 11 is 0. The molecule has 2 saturated carbocycles. The predicted octanol–water partition coefficient (Wildman–Crippen LogP) is 4.81. The normalized spacial score (nSPS) is 24.4. The van der Waals surface area contributed by atoms with Gasteiger partial charge in [-0.15, -0.1) is 0 Å². The number of anilines is 1. The van der Waals surface area contributed by atoms with Crippen LogP contribution in [0.25, 0.3) is 0 Å². The summed E-state index contributed by atoms with van der Waals surface area (Å²) in [6.45, 7) is 0.915. The van der Waals surface area contributed by atoms with Crippen molar-refractivity contribution in [2.75, 3.05) is 5.32 Å². The largest absolute Gasteiger partial charge is 0.381 e. The summed E-state index contributed by atoms with van der Waals surface area (Å²) in [7, 11) is 0. The van der Waals surface area contributed by atoms with Gasteiger partial charge in [0.2, 0.25) is 0 Å². The number of rotatable bonds is 5. The van der Waals surface area contributed by atoms with Gasteiger partial charge in [0, 0.05) is 12.2 Å². The van der Waals surface area contributed by atoms with Crippen LogP contribution in [0.1, 0.15) is 36.3 Å². The van der Waals surface area contributed by atoms with Crippen LogP contribution < -0.4 is 5.32 Å². The summed E-state index contributed by atoms with van der Waals surface area (Å²) in [5.41, 5.74) is 4.22. The molecule has 102 valence electrons. The summed E-state index contributed by atoms with van der Waals surface area (Å²) in [6, 6.07) is 19.5. The highest BCUT2D eigenvalue weighted by atomic mass is 14.9. The monoisotopic (exact) mass is 263 g/mol. The van der Waals surface area contributed by atoms with Gasteiger partial charge in [-0.2, -0.15) is 0 Å². The lowest BCUT2D eigenvalue weighted by Gasteiger charge is -2.12. The van der Waals surface area contributed by atoms with E-state index in [0.29, 0.717) is 0 Å². The minimum Gasteiger partial charge on any atom is -0.381 e. The molecule has 2 fully saturated rings. The number of hydrogen-bond acceptors (Lipinski definition) is 1. The van der Waals surface area contributed by atoms with E-state index in [4.69, 9.17) is 0 Å². The Kier molecular flexibility index (Phi) is 2.99. The van der Waals surface area contributed by atoms with Gasteiger partial charge in [-0.1, -0.05) is 48.5 Å². The third-order valence-electron chi connectivity index (χ3n) is 4.75. The molecule has 0 amide bonds. The van der Waals surface area contributed by atoms with Crippen LogP contribution in [-0.2, 0) is 6.54 Å². The molecule has 0 aromatic heterocycles. The second kappa shape index (κ2) is 4.97. The average Bonchev–Trinajstić information content (AvgIpc) is 3.39. The zero-order chi connectivity index (χ0) is 13.4. The molecular formula is C19H21N. The Labute approximate surface area is 121 Å². The zero-order valence-electron chi connectivity index (χ0n) is 11.8. The molecule has 1 N–H and O–H groups in total. The molecule has 0 bridgehead atoms. The van der Waals surface area contributed by atoms with Crippen molar-refractivity contribution < 1.29 is 0 Å². The molecule has 2 atom stereocenters. The van der Waals surface area contributed by atoms with E-state index >= 15 is 0 Å². The van der Waals surface area contributed by atoms with Gasteiger partial charge in [-0.25, -0.2) is 0 Å². The first kappa shape index (κ1) is 12.0. The van der Waals surface area contributed by atoms with Gasteiger partial charge in [0.1, 0.15) is 0 Å². The molecule has 0 saturated heterocycles.